The third kappa shape index (κ3) is 3.44. The van der Waals surface area contributed by atoms with Crippen molar-refractivity contribution in [3.63, 3.8) is 0 Å². The van der Waals surface area contributed by atoms with Gasteiger partial charge in [0.25, 0.3) is 0 Å². The average Bonchev–Trinajstić information content (AvgIpc) is 2.01. The molecule has 1 aromatic rings. The summed E-state index contributed by atoms with van der Waals surface area (Å²) in [7, 11) is 0. The van der Waals surface area contributed by atoms with Crippen LogP contribution < -0.4 is 16.8 Å². The number of primary amides is 1. The van der Waals surface area contributed by atoms with Crippen LogP contribution in [0.25, 0.3) is 0 Å². The summed E-state index contributed by atoms with van der Waals surface area (Å²) in [5, 5.41) is 3.09. The minimum Gasteiger partial charge on any atom is -0.370 e. The Bertz CT molecular complexity index is 323. The van der Waals surface area contributed by atoms with Crippen molar-refractivity contribution < 1.29 is 4.79 Å². The van der Waals surface area contributed by atoms with Gasteiger partial charge in [-0.2, -0.15) is 4.98 Å². The molecule has 0 fully saturated rings. The van der Waals surface area contributed by atoms with Crippen LogP contribution in [0.5, 0.6) is 0 Å². The van der Waals surface area contributed by atoms with Crippen molar-refractivity contribution in [1.82, 2.24) is 9.97 Å². The molecule has 0 atom stereocenters. The monoisotopic (exact) mass is 215 g/mol. The summed E-state index contributed by atoms with van der Waals surface area (Å²) in [6.07, 6.45) is 0.224. The first-order chi connectivity index (χ1) is 6.58. The lowest BCUT2D eigenvalue weighted by Crippen LogP contribution is -2.16. The Hall–Kier alpha value is -1.56. The van der Waals surface area contributed by atoms with Gasteiger partial charge in [0.15, 0.2) is 0 Å². The van der Waals surface area contributed by atoms with E-state index in [1.807, 2.05) is 0 Å². The fourth-order valence-electron chi connectivity index (χ4n) is 0.840. The molecule has 0 spiro atoms. The predicted molar refractivity (Wildman–Crippen MR) is 53.8 cm³/mol. The highest BCUT2D eigenvalue weighted by molar-refractivity contribution is 6.29. The van der Waals surface area contributed by atoms with Gasteiger partial charge in [0.2, 0.25) is 11.9 Å². The van der Waals surface area contributed by atoms with Crippen LogP contribution >= 0.6 is 11.6 Å². The van der Waals surface area contributed by atoms with Gasteiger partial charge >= 0.3 is 0 Å². The lowest BCUT2D eigenvalue weighted by molar-refractivity contribution is -0.117. The van der Waals surface area contributed by atoms with E-state index in [1.165, 1.54) is 6.07 Å². The number of carbonyl (C=O) groups excluding carboxylic acids is 1. The van der Waals surface area contributed by atoms with E-state index >= 15 is 0 Å². The number of hydrogen-bond donors (Lipinski definition) is 3. The van der Waals surface area contributed by atoms with E-state index in [1.54, 1.807) is 0 Å². The van der Waals surface area contributed by atoms with Crippen LogP contribution in [0.3, 0.4) is 0 Å². The van der Waals surface area contributed by atoms with Crippen LogP contribution in [0.4, 0.5) is 11.8 Å². The quantitative estimate of drug-likeness (QED) is 0.613. The number of rotatable bonds is 4. The standard InChI is InChI=1S/C7H10ClN5O/c8-4-3-6(13-7(10)12-4)11-2-1-5(9)14/h3H,1-2H2,(H2,9,14)(H3,10,11,12,13). The zero-order chi connectivity index (χ0) is 10.6. The molecule has 0 saturated carbocycles. The number of nitrogens with two attached hydrogens (primary N) is 2. The van der Waals surface area contributed by atoms with E-state index in [9.17, 15) is 4.79 Å². The van der Waals surface area contributed by atoms with Gasteiger partial charge < -0.3 is 16.8 Å². The van der Waals surface area contributed by atoms with Crippen LogP contribution in [0.1, 0.15) is 6.42 Å². The zero-order valence-electron chi connectivity index (χ0n) is 7.33. The van der Waals surface area contributed by atoms with E-state index in [0.29, 0.717) is 12.4 Å². The zero-order valence-corrected chi connectivity index (χ0v) is 8.08. The Morgan fingerprint density at radius 3 is 2.86 bits per heavy atom. The molecule has 1 rings (SSSR count). The summed E-state index contributed by atoms with van der Waals surface area (Å²) in [6, 6.07) is 1.51. The van der Waals surface area contributed by atoms with E-state index in [-0.39, 0.29) is 23.4 Å². The van der Waals surface area contributed by atoms with Crippen LogP contribution in [-0.2, 0) is 4.79 Å². The number of anilines is 2. The SMILES string of the molecule is NC(=O)CCNc1cc(Cl)nc(N)n1. The number of nitrogens with zero attached hydrogens (tertiary/aromatic N) is 2. The minimum absolute atomic E-state index is 0.0825. The lowest BCUT2D eigenvalue weighted by Gasteiger charge is -2.04. The number of nitrogens with one attached hydrogen (secondary N) is 1. The van der Waals surface area contributed by atoms with Crippen LogP contribution in [0.2, 0.25) is 5.15 Å². The first-order valence-electron chi connectivity index (χ1n) is 3.90. The molecule has 1 amide bonds. The number of halogens is 1. The lowest BCUT2D eigenvalue weighted by atomic mass is 10.4. The normalized spacial score (nSPS) is 9.79. The number of aromatic nitrogens is 2. The molecule has 0 aliphatic heterocycles. The topological polar surface area (TPSA) is 107 Å². The Morgan fingerprint density at radius 1 is 1.57 bits per heavy atom. The Morgan fingerprint density at radius 2 is 2.29 bits per heavy atom. The molecular weight excluding hydrogens is 206 g/mol. The number of hydrogen-bond acceptors (Lipinski definition) is 5. The molecule has 0 bridgehead atoms. The summed E-state index contributed by atoms with van der Waals surface area (Å²) in [4.78, 5) is 17.9. The summed E-state index contributed by atoms with van der Waals surface area (Å²) in [5.41, 5.74) is 10.3. The first kappa shape index (κ1) is 10.5. The minimum atomic E-state index is -0.384. The second kappa shape index (κ2) is 4.61. The largest absolute Gasteiger partial charge is 0.370 e. The summed E-state index contributed by atoms with van der Waals surface area (Å²) in [6.45, 7) is 0.391. The Labute approximate surface area is 85.7 Å². The third-order valence-corrected chi connectivity index (χ3v) is 1.58. The summed E-state index contributed by atoms with van der Waals surface area (Å²) >= 11 is 5.63. The van der Waals surface area contributed by atoms with Gasteiger partial charge in [-0.3, -0.25) is 4.79 Å². The second-order valence-corrected chi connectivity index (χ2v) is 2.96. The maximum atomic E-state index is 10.4. The number of nitrogen functional groups attached to an aromatic ring is 1. The van der Waals surface area contributed by atoms with Crippen molar-refractivity contribution in [3.05, 3.63) is 11.2 Å². The van der Waals surface area contributed by atoms with Crippen LogP contribution in [0.15, 0.2) is 6.07 Å². The van der Waals surface area contributed by atoms with E-state index in [2.05, 4.69) is 15.3 Å². The van der Waals surface area contributed by atoms with Crippen LogP contribution in [0, 0.1) is 0 Å². The van der Waals surface area contributed by atoms with Gasteiger partial charge in [-0.25, -0.2) is 4.98 Å². The fourth-order valence-corrected chi connectivity index (χ4v) is 1.03. The molecular formula is C7H10ClN5O. The number of amides is 1. The molecule has 1 heterocycles. The molecule has 6 nitrogen and oxygen atoms in total. The highest BCUT2D eigenvalue weighted by atomic mass is 35.5. The van der Waals surface area contributed by atoms with Crippen molar-refractivity contribution in [1.29, 1.82) is 0 Å². The molecule has 0 unspecified atom stereocenters. The molecule has 0 aliphatic carbocycles. The molecule has 0 aliphatic rings. The maximum Gasteiger partial charge on any atom is 0.223 e. The van der Waals surface area contributed by atoms with Crippen molar-refractivity contribution in [2.24, 2.45) is 5.73 Å². The molecule has 1 aromatic heterocycles. The summed E-state index contributed by atoms with van der Waals surface area (Å²) < 4.78 is 0. The van der Waals surface area contributed by atoms with Crippen molar-refractivity contribution in [2.75, 3.05) is 17.6 Å². The van der Waals surface area contributed by atoms with E-state index in [0.717, 1.165) is 0 Å². The smallest absolute Gasteiger partial charge is 0.223 e. The molecule has 0 aromatic carbocycles. The van der Waals surface area contributed by atoms with Gasteiger partial charge in [-0.15, -0.1) is 0 Å². The van der Waals surface area contributed by atoms with Crippen LogP contribution in [-0.4, -0.2) is 22.4 Å². The van der Waals surface area contributed by atoms with Gasteiger partial charge in [0, 0.05) is 19.0 Å². The Balaban J connectivity index is 2.54. The average molecular weight is 216 g/mol. The molecule has 5 N–H and O–H groups in total. The van der Waals surface area contributed by atoms with Gasteiger partial charge in [-0.1, -0.05) is 11.6 Å². The van der Waals surface area contributed by atoms with Crippen molar-refractivity contribution in [2.45, 2.75) is 6.42 Å². The first-order valence-corrected chi connectivity index (χ1v) is 4.28. The molecule has 7 heteroatoms. The molecule has 0 radical (unpaired) electrons. The van der Waals surface area contributed by atoms with E-state index < -0.39 is 0 Å². The third-order valence-electron chi connectivity index (χ3n) is 1.39. The predicted octanol–water partition coefficient (Wildman–Crippen LogP) is -0.000500. The number of carbonyl (C=O) groups is 1. The Kier molecular flexibility index (Phi) is 3.47. The molecule has 14 heavy (non-hydrogen) atoms. The highest BCUT2D eigenvalue weighted by Gasteiger charge is 2.00. The van der Waals surface area contributed by atoms with Crippen molar-refractivity contribution in [3.8, 4) is 0 Å². The highest BCUT2D eigenvalue weighted by Crippen LogP contribution is 2.11. The molecule has 0 saturated heterocycles. The molecule has 76 valence electrons. The van der Waals surface area contributed by atoms with Gasteiger partial charge in [0.05, 0.1) is 0 Å². The van der Waals surface area contributed by atoms with E-state index in [4.69, 9.17) is 23.1 Å². The van der Waals surface area contributed by atoms with Gasteiger partial charge in [-0.05, 0) is 0 Å². The van der Waals surface area contributed by atoms with Gasteiger partial charge in [0.1, 0.15) is 11.0 Å². The maximum absolute atomic E-state index is 10.4. The fraction of sp³-hybridized carbons (Fsp3) is 0.286. The van der Waals surface area contributed by atoms with Crippen molar-refractivity contribution >= 4 is 29.3 Å². The second-order valence-electron chi connectivity index (χ2n) is 2.58. The summed E-state index contributed by atoms with van der Waals surface area (Å²) in [5.74, 6) is 0.174.